The monoisotopic (exact) mass is 413 g/mol. The van der Waals surface area contributed by atoms with Gasteiger partial charge in [0, 0.05) is 30.4 Å². The Morgan fingerprint density at radius 3 is 2.45 bits per heavy atom. The van der Waals surface area contributed by atoms with Crippen LogP contribution in [0.4, 0.5) is 11.5 Å². The Morgan fingerprint density at radius 2 is 1.76 bits per heavy atom. The number of aromatic nitrogens is 2. The number of nitrogens with one attached hydrogen (secondary N) is 2. The van der Waals surface area contributed by atoms with Crippen LogP contribution in [0.1, 0.15) is 32.0 Å². The maximum atomic E-state index is 12.5. The molecule has 0 saturated carbocycles. The molecule has 1 amide bonds. The van der Waals surface area contributed by atoms with Crippen LogP contribution in [0.25, 0.3) is 0 Å². The van der Waals surface area contributed by atoms with E-state index < -0.39 is 5.97 Å². The first-order chi connectivity index (χ1) is 13.5. The minimum atomic E-state index is -1.01. The van der Waals surface area contributed by atoms with E-state index in [1.54, 1.807) is 36.4 Å². The van der Waals surface area contributed by atoms with Crippen LogP contribution in [0.15, 0.2) is 60.9 Å². The summed E-state index contributed by atoms with van der Waals surface area (Å²) in [4.78, 5) is 31.5. The van der Waals surface area contributed by atoms with Gasteiger partial charge in [-0.05, 0) is 42.0 Å². The average molecular weight is 414 g/mol. The van der Waals surface area contributed by atoms with Crippen LogP contribution in [0.2, 0.25) is 0 Å². The molecule has 0 radical (unpaired) electrons. The topological polar surface area (TPSA) is 130 Å². The number of benzene rings is 2. The molecule has 0 aliphatic heterocycles. The van der Waals surface area contributed by atoms with Gasteiger partial charge >= 0.3 is 5.97 Å². The van der Waals surface area contributed by atoms with Crippen LogP contribution in [-0.4, -0.2) is 27.0 Å². The molecule has 1 aromatic heterocycles. The van der Waals surface area contributed by atoms with Gasteiger partial charge in [-0.1, -0.05) is 12.1 Å². The molecule has 9 heteroatoms. The van der Waals surface area contributed by atoms with Gasteiger partial charge in [-0.25, -0.2) is 14.8 Å². The second kappa shape index (κ2) is 10.2. The zero-order chi connectivity index (χ0) is 19.9. The number of anilines is 2. The molecular weight excluding hydrogens is 394 g/mol. The number of rotatable bonds is 7. The molecule has 1 heterocycles. The highest BCUT2D eigenvalue weighted by atomic mass is 35.5. The molecular formula is C20H20ClN5O3. The van der Waals surface area contributed by atoms with Crippen LogP contribution in [0.5, 0.6) is 0 Å². The van der Waals surface area contributed by atoms with E-state index in [1.165, 1.54) is 18.5 Å². The lowest BCUT2D eigenvalue weighted by Gasteiger charge is -2.09. The molecule has 0 spiro atoms. The molecule has 29 heavy (non-hydrogen) atoms. The van der Waals surface area contributed by atoms with Gasteiger partial charge < -0.3 is 21.5 Å². The summed E-state index contributed by atoms with van der Waals surface area (Å²) in [6.45, 7) is 0.815. The predicted octanol–water partition coefficient (Wildman–Crippen LogP) is 2.92. The number of halogens is 1. The minimum Gasteiger partial charge on any atom is -0.478 e. The van der Waals surface area contributed by atoms with Crippen LogP contribution in [0.3, 0.4) is 0 Å². The first kappa shape index (κ1) is 21.8. The molecule has 0 bridgehead atoms. The van der Waals surface area contributed by atoms with Gasteiger partial charge in [-0.2, -0.15) is 0 Å². The summed E-state index contributed by atoms with van der Waals surface area (Å²) in [5, 5.41) is 14.8. The summed E-state index contributed by atoms with van der Waals surface area (Å²) in [6, 6.07) is 14.9. The average Bonchev–Trinajstić information content (AvgIpc) is 2.73. The summed E-state index contributed by atoms with van der Waals surface area (Å²) < 4.78 is 0. The number of carboxylic acids is 1. The first-order valence-electron chi connectivity index (χ1n) is 8.53. The molecule has 3 rings (SSSR count). The largest absolute Gasteiger partial charge is 0.478 e. The minimum absolute atomic E-state index is 0. The molecule has 5 N–H and O–H groups in total. The van der Waals surface area contributed by atoms with Crippen LogP contribution < -0.4 is 16.4 Å². The van der Waals surface area contributed by atoms with Crippen molar-refractivity contribution in [2.45, 2.75) is 13.1 Å². The van der Waals surface area contributed by atoms with E-state index >= 15 is 0 Å². The summed E-state index contributed by atoms with van der Waals surface area (Å²) in [6.07, 6.45) is 1.45. The zero-order valence-corrected chi connectivity index (χ0v) is 16.1. The van der Waals surface area contributed by atoms with Crippen molar-refractivity contribution in [1.82, 2.24) is 9.97 Å². The molecule has 3 aromatic rings. The van der Waals surface area contributed by atoms with Gasteiger partial charge in [0.15, 0.2) is 0 Å². The Balaban J connectivity index is 0.00000300. The lowest BCUT2D eigenvalue weighted by atomic mass is 10.1. The third-order valence-corrected chi connectivity index (χ3v) is 3.99. The van der Waals surface area contributed by atoms with Crippen molar-refractivity contribution in [2.75, 3.05) is 10.6 Å². The second-order valence-corrected chi connectivity index (χ2v) is 5.99. The smallest absolute Gasteiger partial charge is 0.335 e. The number of hydrogen-bond acceptors (Lipinski definition) is 6. The number of carbonyl (C=O) groups excluding carboxylic acids is 1. The number of carbonyl (C=O) groups is 2. The number of nitrogens with zero attached hydrogens (tertiary/aromatic N) is 2. The Morgan fingerprint density at radius 1 is 1.00 bits per heavy atom. The molecule has 0 aliphatic carbocycles. The van der Waals surface area contributed by atoms with Gasteiger partial charge in [0.05, 0.1) is 11.3 Å². The van der Waals surface area contributed by atoms with E-state index in [1.807, 2.05) is 6.07 Å². The van der Waals surface area contributed by atoms with Crippen molar-refractivity contribution >= 4 is 35.8 Å². The fourth-order valence-corrected chi connectivity index (χ4v) is 2.52. The highest BCUT2D eigenvalue weighted by Crippen LogP contribution is 2.13. The van der Waals surface area contributed by atoms with Crippen LogP contribution in [0, 0.1) is 0 Å². The van der Waals surface area contributed by atoms with Crippen molar-refractivity contribution in [3.8, 4) is 0 Å². The van der Waals surface area contributed by atoms with E-state index in [4.69, 9.17) is 10.8 Å². The van der Waals surface area contributed by atoms with E-state index in [0.717, 1.165) is 11.3 Å². The van der Waals surface area contributed by atoms with Gasteiger partial charge in [-0.15, -0.1) is 12.4 Å². The maximum Gasteiger partial charge on any atom is 0.335 e. The molecule has 8 nitrogen and oxygen atoms in total. The SMILES string of the molecule is Cl.NCc1cc(NCc2cccc(C(=O)Nc3ccc(C(=O)O)cc3)c2)ncn1. The summed E-state index contributed by atoms with van der Waals surface area (Å²) in [7, 11) is 0. The highest BCUT2D eigenvalue weighted by Gasteiger charge is 2.08. The van der Waals surface area contributed by atoms with Crippen molar-refractivity contribution < 1.29 is 14.7 Å². The lowest BCUT2D eigenvalue weighted by molar-refractivity contribution is 0.0696. The fourth-order valence-electron chi connectivity index (χ4n) is 2.52. The Kier molecular flexibility index (Phi) is 7.64. The molecule has 0 aliphatic rings. The van der Waals surface area contributed by atoms with Crippen molar-refractivity contribution in [2.24, 2.45) is 5.73 Å². The quantitative estimate of drug-likeness (QED) is 0.468. The highest BCUT2D eigenvalue weighted by molar-refractivity contribution is 6.04. The molecule has 150 valence electrons. The molecule has 2 aromatic carbocycles. The van der Waals surface area contributed by atoms with Gasteiger partial charge in [0.25, 0.3) is 5.91 Å². The second-order valence-electron chi connectivity index (χ2n) is 5.99. The Bertz CT molecular complexity index is 995. The molecule has 0 unspecified atom stereocenters. The normalized spacial score (nSPS) is 9.97. The number of hydrogen-bond donors (Lipinski definition) is 4. The van der Waals surface area contributed by atoms with Crippen molar-refractivity contribution in [3.63, 3.8) is 0 Å². The number of carboxylic acid groups (broad SMARTS) is 1. The maximum absolute atomic E-state index is 12.5. The summed E-state index contributed by atoms with van der Waals surface area (Å²) >= 11 is 0. The Labute approximate surface area is 173 Å². The fraction of sp³-hybridized carbons (Fsp3) is 0.100. The standard InChI is InChI=1S/C20H19N5O3.ClH/c21-10-17-9-18(24-12-23-17)22-11-13-2-1-3-15(8-13)19(26)25-16-6-4-14(5-7-16)20(27)28;/h1-9,12H,10-11,21H2,(H,25,26)(H,27,28)(H,22,23,24);1H. The molecule has 0 atom stereocenters. The van der Waals surface area contributed by atoms with E-state index in [9.17, 15) is 9.59 Å². The van der Waals surface area contributed by atoms with E-state index in [0.29, 0.717) is 30.2 Å². The van der Waals surface area contributed by atoms with E-state index in [2.05, 4.69) is 20.6 Å². The van der Waals surface area contributed by atoms with Crippen LogP contribution >= 0.6 is 12.4 Å². The molecule has 0 saturated heterocycles. The van der Waals surface area contributed by atoms with Crippen molar-refractivity contribution in [3.05, 3.63) is 83.3 Å². The van der Waals surface area contributed by atoms with Gasteiger partial charge in [-0.3, -0.25) is 4.79 Å². The third kappa shape index (κ3) is 6.00. The summed E-state index contributed by atoms with van der Waals surface area (Å²) in [5.41, 5.74) is 8.39. The Hall–Kier alpha value is -3.49. The summed E-state index contributed by atoms with van der Waals surface area (Å²) in [5.74, 6) is -0.637. The first-order valence-corrected chi connectivity index (χ1v) is 8.53. The van der Waals surface area contributed by atoms with E-state index in [-0.39, 0.29) is 23.9 Å². The predicted molar refractivity (Wildman–Crippen MR) is 112 cm³/mol. The van der Waals surface area contributed by atoms with Gasteiger partial charge in [0.1, 0.15) is 12.1 Å². The van der Waals surface area contributed by atoms with Crippen molar-refractivity contribution in [1.29, 1.82) is 0 Å². The molecule has 0 fully saturated rings. The third-order valence-electron chi connectivity index (χ3n) is 3.99. The van der Waals surface area contributed by atoms with Gasteiger partial charge in [0.2, 0.25) is 0 Å². The zero-order valence-electron chi connectivity index (χ0n) is 15.3. The number of nitrogens with two attached hydrogens (primary N) is 1. The number of aromatic carboxylic acids is 1. The number of amides is 1. The lowest BCUT2D eigenvalue weighted by Crippen LogP contribution is -2.13. The van der Waals surface area contributed by atoms with Crippen LogP contribution in [-0.2, 0) is 13.1 Å².